The predicted octanol–water partition coefficient (Wildman–Crippen LogP) is 12.2. The van der Waals surface area contributed by atoms with Crippen LogP contribution >= 0.6 is 0 Å². The van der Waals surface area contributed by atoms with Crippen LogP contribution in [-0.2, 0) is 110 Å². The summed E-state index contributed by atoms with van der Waals surface area (Å²) in [6.07, 6.45) is 31.6. The highest BCUT2D eigenvalue weighted by atomic mass is 16.5. The Kier molecular flexibility index (Phi) is 20.2. The number of hydrogen-bond donors (Lipinski definition) is 0. The highest BCUT2D eigenvalue weighted by Gasteiger charge is 2.25. The zero-order chi connectivity index (χ0) is 49.1. The maximum Gasteiger partial charge on any atom is 0.330 e. The van der Waals surface area contributed by atoms with E-state index in [2.05, 4.69) is 72.8 Å². The van der Waals surface area contributed by atoms with Crippen LogP contribution in [-0.4, -0.2) is 43.3 Å². The molecule has 0 spiro atoms. The van der Waals surface area contributed by atoms with Crippen molar-refractivity contribution in [2.45, 2.75) is 167 Å². The Hall–Kier alpha value is -5.69. The Morgan fingerprint density at radius 1 is 0.543 bits per heavy atom. The summed E-state index contributed by atoms with van der Waals surface area (Å²) >= 11 is 0. The van der Waals surface area contributed by atoms with Gasteiger partial charge in [-0.25, -0.2) is 4.79 Å². The van der Waals surface area contributed by atoms with Crippen LogP contribution in [0.1, 0.15) is 157 Å². The van der Waals surface area contributed by atoms with Crippen LogP contribution in [0.4, 0.5) is 0 Å². The van der Waals surface area contributed by atoms with Gasteiger partial charge in [0, 0.05) is 44.3 Å². The van der Waals surface area contributed by atoms with Gasteiger partial charge in [0.15, 0.2) is 5.78 Å². The molecule has 0 bridgehead atoms. The minimum Gasteiger partial charge on any atom is -0.501 e. The first-order valence-electron chi connectivity index (χ1n) is 26.6. The molecule has 0 saturated heterocycles. The SMILES string of the molecule is CCOC(=O)C=CCCc1ccc2c(c1)CCC2.COC1=CC(=O)CC(CCc2ccc3c(c2)CCC3)C1.O=C1CC(=O)CC(CCc2ccc3c(c2)CCC3)C1.O=CCCc1ccc2c(c1)CCC2. The first kappa shape index (κ1) is 52.1. The van der Waals surface area contributed by atoms with E-state index in [1.807, 2.05) is 13.0 Å². The van der Waals surface area contributed by atoms with Crippen LogP contribution in [0.15, 0.2) is 96.8 Å². The fourth-order valence-corrected chi connectivity index (χ4v) is 11.3. The lowest BCUT2D eigenvalue weighted by Gasteiger charge is -2.21. The van der Waals surface area contributed by atoms with E-state index in [4.69, 9.17) is 9.47 Å². The summed E-state index contributed by atoms with van der Waals surface area (Å²) in [5.41, 5.74) is 17.6. The average Bonchev–Trinajstić information content (AvgIpc) is 4.21. The smallest absolute Gasteiger partial charge is 0.330 e. The number of carbonyl (C=O) groups excluding carboxylic acids is 5. The van der Waals surface area contributed by atoms with Crippen LogP contribution < -0.4 is 0 Å². The lowest BCUT2D eigenvalue weighted by molar-refractivity contribution is -0.137. The number of ketones is 3. The van der Waals surface area contributed by atoms with Crippen molar-refractivity contribution in [2.24, 2.45) is 11.8 Å². The Bertz CT molecular complexity index is 2490. The van der Waals surface area contributed by atoms with Gasteiger partial charge in [-0.1, -0.05) is 78.9 Å². The zero-order valence-corrected chi connectivity index (χ0v) is 42.1. The summed E-state index contributed by atoms with van der Waals surface area (Å²) in [6.45, 7) is 2.25. The van der Waals surface area contributed by atoms with E-state index < -0.39 is 0 Å². The Labute approximate surface area is 417 Å². The standard InChI is InChI=1S/C18H22O2.C17H20O2.C16H20O2.C12H14O/c1-20-18-11-14(10-17(19)12-18)6-5-13-7-8-15-3-2-4-16(15)9-13;18-16-9-13(10-17(19)11-16)5-4-12-6-7-14-2-1-3-15(14)8-12;1-2-18-16(17)9-4-3-6-13-10-11-14-7-5-8-15(14)12-13;13-8-2-3-10-6-7-11-4-1-5-12(11)9-10/h7-9,12,14H,2-6,10-11H2,1H3;6-8,13H,1-5,9-11H2;4,9-12H,2-3,5-8H2,1H3;6-9H,1-5H2. The van der Waals surface area contributed by atoms with E-state index in [0.29, 0.717) is 38.2 Å². The van der Waals surface area contributed by atoms with E-state index in [0.717, 1.165) is 63.4 Å². The lowest BCUT2D eigenvalue weighted by Crippen LogP contribution is -2.23. The monoisotopic (exact) mass is 945 g/mol. The topological polar surface area (TPSA) is 104 Å². The molecule has 4 aromatic rings. The molecule has 6 aliphatic carbocycles. The molecular weight excluding hydrogens is 869 g/mol. The number of aldehydes is 1. The third kappa shape index (κ3) is 16.2. The van der Waals surface area contributed by atoms with Gasteiger partial charge < -0.3 is 14.3 Å². The number of allylic oxidation sites excluding steroid dienone is 3. The minimum absolute atomic E-state index is 0.134. The third-order valence-corrected chi connectivity index (χ3v) is 15.0. The second-order valence-electron chi connectivity index (χ2n) is 20.4. The molecule has 0 amide bonds. The van der Waals surface area contributed by atoms with Gasteiger partial charge in [0.25, 0.3) is 0 Å². The number of fused-ring (bicyclic) bond motifs is 4. The molecule has 370 valence electrons. The normalized spacial score (nSPS) is 17.7. The first-order valence-corrected chi connectivity index (χ1v) is 26.6. The van der Waals surface area contributed by atoms with E-state index >= 15 is 0 Å². The number of ether oxygens (including phenoxy) is 2. The molecule has 6 aliphatic rings. The molecule has 1 atom stereocenters. The Balaban J connectivity index is 0.000000139. The van der Waals surface area contributed by atoms with Gasteiger partial charge in [-0.05, 0) is 208 Å². The van der Waals surface area contributed by atoms with Crippen LogP contribution in [0.3, 0.4) is 0 Å². The van der Waals surface area contributed by atoms with Crippen LogP contribution in [0.2, 0.25) is 0 Å². The van der Waals surface area contributed by atoms with Crippen molar-refractivity contribution in [3.8, 4) is 0 Å². The van der Waals surface area contributed by atoms with Gasteiger partial charge in [0.05, 0.1) is 25.9 Å². The Morgan fingerprint density at radius 3 is 1.39 bits per heavy atom. The molecule has 70 heavy (non-hydrogen) atoms. The molecule has 4 aromatic carbocycles. The van der Waals surface area contributed by atoms with Crippen molar-refractivity contribution < 1.29 is 33.4 Å². The molecule has 0 radical (unpaired) electrons. The summed E-state index contributed by atoms with van der Waals surface area (Å²) in [6, 6.07) is 27.2. The zero-order valence-electron chi connectivity index (χ0n) is 42.1. The fraction of sp³-hybridized carbons (Fsp3) is 0.476. The maximum absolute atomic E-state index is 11.7. The van der Waals surface area contributed by atoms with Gasteiger partial charge in [-0.2, -0.15) is 0 Å². The Morgan fingerprint density at radius 2 is 0.957 bits per heavy atom. The molecule has 1 fully saturated rings. The summed E-state index contributed by atoms with van der Waals surface area (Å²) < 4.78 is 10.1. The fourth-order valence-electron chi connectivity index (χ4n) is 11.3. The van der Waals surface area contributed by atoms with E-state index in [9.17, 15) is 24.0 Å². The summed E-state index contributed by atoms with van der Waals surface area (Å²) in [7, 11) is 1.65. The van der Waals surface area contributed by atoms with Crippen LogP contribution in [0, 0.1) is 11.8 Å². The number of hydrogen-bond acceptors (Lipinski definition) is 7. The molecule has 1 saturated carbocycles. The summed E-state index contributed by atoms with van der Waals surface area (Å²) in [5.74, 6) is 1.81. The summed E-state index contributed by atoms with van der Waals surface area (Å²) in [5, 5.41) is 0. The van der Waals surface area contributed by atoms with Crippen molar-refractivity contribution in [1.29, 1.82) is 0 Å². The van der Waals surface area contributed by atoms with Gasteiger partial charge in [-0.3, -0.25) is 14.4 Å². The predicted molar refractivity (Wildman–Crippen MR) is 279 cm³/mol. The number of aryl methyl sites for hydroxylation is 12. The highest BCUT2D eigenvalue weighted by Crippen LogP contribution is 2.30. The quantitative estimate of drug-likeness (QED) is 0.0506. The molecule has 7 heteroatoms. The van der Waals surface area contributed by atoms with Crippen molar-refractivity contribution in [2.75, 3.05) is 13.7 Å². The highest BCUT2D eigenvalue weighted by molar-refractivity contribution is 6.01. The maximum atomic E-state index is 11.7. The second kappa shape index (κ2) is 27.1. The molecule has 0 N–H and O–H groups in total. The van der Waals surface area contributed by atoms with E-state index in [1.165, 1.54) is 144 Å². The number of carbonyl (C=O) groups is 5. The van der Waals surface area contributed by atoms with Gasteiger partial charge in [-0.15, -0.1) is 0 Å². The molecule has 0 aromatic heterocycles. The molecule has 0 heterocycles. The largest absolute Gasteiger partial charge is 0.501 e. The second-order valence-corrected chi connectivity index (χ2v) is 20.4. The molecular formula is C63H76O7. The van der Waals surface area contributed by atoms with E-state index in [1.54, 1.807) is 18.7 Å². The third-order valence-electron chi connectivity index (χ3n) is 15.0. The number of benzene rings is 4. The molecule has 1 unspecified atom stereocenters. The van der Waals surface area contributed by atoms with Gasteiger partial charge >= 0.3 is 5.97 Å². The van der Waals surface area contributed by atoms with Crippen LogP contribution in [0.5, 0.6) is 0 Å². The van der Waals surface area contributed by atoms with Gasteiger partial charge in [0.2, 0.25) is 0 Å². The van der Waals surface area contributed by atoms with Crippen LogP contribution in [0.25, 0.3) is 0 Å². The number of Topliss-reactive ketones (excluding diaryl/α,β-unsaturated/α-hetero) is 2. The number of methoxy groups -OCH3 is 1. The molecule has 7 nitrogen and oxygen atoms in total. The van der Waals surface area contributed by atoms with E-state index in [-0.39, 0.29) is 35.7 Å². The van der Waals surface area contributed by atoms with Crippen molar-refractivity contribution in [3.05, 3.63) is 164 Å². The number of esters is 1. The molecule has 10 rings (SSSR count). The lowest BCUT2D eigenvalue weighted by atomic mass is 9.83. The van der Waals surface area contributed by atoms with Crippen molar-refractivity contribution >= 4 is 29.6 Å². The molecule has 0 aliphatic heterocycles. The number of rotatable bonds is 15. The summed E-state index contributed by atoms with van der Waals surface area (Å²) in [4.78, 5) is 55.8. The van der Waals surface area contributed by atoms with Crippen molar-refractivity contribution in [1.82, 2.24) is 0 Å². The minimum atomic E-state index is -0.244. The average molecular weight is 945 g/mol. The van der Waals surface area contributed by atoms with Crippen molar-refractivity contribution in [3.63, 3.8) is 0 Å². The van der Waals surface area contributed by atoms with Gasteiger partial charge in [0.1, 0.15) is 17.9 Å². The first-order chi connectivity index (χ1) is 34.1.